The molecule has 6 nitrogen and oxygen atoms in total. The van der Waals surface area contributed by atoms with E-state index in [0.29, 0.717) is 18.0 Å². The fourth-order valence-electron chi connectivity index (χ4n) is 4.31. The van der Waals surface area contributed by atoms with Gasteiger partial charge in [0.15, 0.2) is 0 Å². The number of aromatic amines is 1. The molecule has 2 heterocycles. The number of carbonyl (C=O) groups is 2. The molecule has 0 aliphatic carbocycles. The molecule has 3 aromatic rings. The van der Waals surface area contributed by atoms with E-state index < -0.39 is 5.91 Å². The lowest BCUT2D eigenvalue weighted by atomic mass is 9.98. The van der Waals surface area contributed by atoms with Crippen LogP contribution in [0.2, 0.25) is 0 Å². The van der Waals surface area contributed by atoms with Crippen LogP contribution >= 0.6 is 0 Å². The average Bonchev–Trinajstić information content (AvgIpc) is 3.33. The van der Waals surface area contributed by atoms with Crippen molar-refractivity contribution in [2.24, 2.45) is 11.5 Å². The van der Waals surface area contributed by atoms with Crippen LogP contribution in [0.3, 0.4) is 0 Å². The lowest BCUT2D eigenvalue weighted by Crippen LogP contribution is -2.33. The minimum Gasteiger partial charge on any atom is -0.370 e. The number of H-pyrrole nitrogens is 1. The van der Waals surface area contributed by atoms with Gasteiger partial charge in [0.05, 0.1) is 0 Å². The van der Waals surface area contributed by atoms with E-state index in [2.05, 4.69) is 34.3 Å². The van der Waals surface area contributed by atoms with Crippen molar-refractivity contribution in [2.45, 2.75) is 31.7 Å². The molecule has 1 atom stereocenters. The predicted molar refractivity (Wildman–Crippen MR) is 114 cm³/mol. The molecular formula is C23H26N4O2. The first-order valence-corrected chi connectivity index (χ1v) is 10.0. The highest BCUT2D eigenvalue weighted by Gasteiger charge is 2.25. The summed E-state index contributed by atoms with van der Waals surface area (Å²) in [6.07, 6.45) is 5.70. The van der Waals surface area contributed by atoms with Gasteiger partial charge in [-0.05, 0) is 66.8 Å². The molecule has 1 aliphatic heterocycles. The van der Waals surface area contributed by atoms with Crippen molar-refractivity contribution >= 4 is 22.7 Å². The lowest BCUT2D eigenvalue weighted by molar-refractivity contribution is -0.118. The summed E-state index contributed by atoms with van der Waals surface area (Å²) in [4.78, 5) is 28.4. The number of benzene rings is 2. The fraction of sp³-hybridized carbons (Fsp3) is 0.304. The van der Waals surface area contributed by atoms with E-state index in [1.165, 1.54) is 10.9 Å². The maximum atomic E-state index is 11.5. The second-order valence-electron chi connectivity index (χ2n) is 7.77. The number of rotatable bonds is 7. The molecule has 2 aromatic carbocycles. The number of primary amides is 2. The fourth-order valence-corrected chi connectivity index (χ4v) is 4.31. The van der Waals surface area contributed by atoms with Crippen LogP contribution in [0.4, 0.5) is 0 Å². The third-order valence-electron chi connectivity index (χ3n) is 5.85. The number of fused-ring (bicyclic) bond motifs is 1. The second-order valence-corrected chi connectivity index (χ2v) is 7.77. The Kier molecular flexibility index (Phi) is 5.36. The molecule has 1 saturated heterocycles. The van der Waals surface area contributed by atoms with Crippen molar-refractivity contribution < 1.29 is 9.59 Å². The zero-order valence-electron chi connectivity index (χ0n) is 16.4. The van der Waals surface area contributed by atoms with E-state index in [0.717, 1.165) is 49.0 Å². The smallest absolute Gasteiger partial charge is 0.248 e. The van der Waals surface area contributed by atoms with Crippen LogP contribution in [-0.4, -0.2) is 40.8 Å². The Morgan fingerprint density at radius 3 is 2.72 bits per heavy atom. The summed E-state index contributed by atoms with van der Waals surface area (Å²) in [7, 11) is 0. The summed E-state index contributed by atoms with van der Waals surface area (Å²) >= 11 is 0. The minimum atomic E-state index is -0.424. The van der Waals surface area contributed by atoms with Crippen molar-refractivity contribution in [3.8, 4) is 11.1 Å². The van der Waals surface area contributed by atoms with Gasteiger partial charge >= 0.3 is 0 Å². The normalized spacial score (nSPS) is 17.0. The summed E-state index contributed by atoms with van der Waals surface area (Å²) < 4.78 is 0. The average molecular weight is 390 g/mol. The Bertz CT molecular complexity index is 1060. The van der Waals surface area contributed by atoms with Gasteiger partial charge in [0.25, 0.3) is 0 Å². The topological polar surface area (TPSA) is 105 Å². The van der Waals surface area contributed by atoms with Gasteiger partial charge in [-0.15, -0.1) is 0 Å². The standard InChI is InChI=1S/C23H26N4O2/c24-22(28)8-10-27-9-2-5-19(27)12-18-14-26-21-7-6-16(13-20(18)21)15-3-1-4-17(11-15)23(25)29/h1,3-4,6-7,11,13-14,19,26H,2,5,8-10,12H2,(H2,24,28)(H2,25,29)/t19-/m1/s1. The highest BCUT2D eigenvalue weighted by atomic mass is 16.1. The quantitative estimate of drug-likeness (QED) is 0.578. The van der Waals surface area contributed by atoms with Crippen LogP contribution in [0.5, 0.6) is 0 Å². The first-order valence-electron chi connectivity index (χ1n) is 10.0. The van der Waals surface area contributed by atoms with Crippen LogP contribution in [-0.2, 0) is 11.2 Å². The number of hydrogen-bond donors (Lipinski definition) is 3. The third kappa shape index (κ3) is 4.17. The summed E-state index contributed by atoms with van der Waals surface area (Å²) in [5, 5.41) is 1.19. The van der Waals surface area contributed by atoms with Gasteiger partial charge in [0.1, 0.15) is 0 Å². The number of nitrogens with two attached hydrogens (primary N) is 2. The van der Waals surface area contributed by atoms with Crippen molar-refractivity contribution in [2.75, 3.05) is 13.1 Å². The van der Waals surface area contributed by atoms with Crippen LogP contribution in [0, 0.1) is 0 Å². The number of likely N-dealkylation sites (tertiary alicyclic amines) is 1. The van der Waals surface area contributed by atoms with E-state index >= 15 is 0 Å². The molecule has 150 valence electrons. The minimum absolute atomic E-state index is 0.245. The lowest BCUT2D eigenvalue weighted by Gasteiger charge is -2.23. The maximum Gasteiger partial charge on any atom is 0.248 e. The van der Waals surface area contributed by atoms with E-state index in [9.17, 15) is 9.59 Å². The van der Waals surface area contributed by atoms with E-state index in [-0.39, 0.29) is 5.91 Å². The number of carbonyl (C=O) groups excluding carboxylic acids is 2. The summed E-state index contributed by atoms with van der Waals surface area (Å²) in [5.74, 6) is -0.668. The molecule has 5 N–H and O–H groups in total. The zero-order chi connectivity index (χ0) is 20.4. The largest absolute Gasteiger partial charge is 0.370 e. The molecule has 0 saturated carbocycles. The van der Waals surface area contributed by atoms with Crippen LogP contribution in [0.1, 0.15) is 35.2 Å². The first kappa shape index (κ1) is 19.2. The van der Waals surface area contributed by atoms with Gasteiger partial charge in [-0.25, -0.2) is 0 Å². The molecule has 0 unspecified atom stereocenters. The van der Waals surface area contributed by atoms with E-state index in [1.54, 1.807) is 6.07 Å². The molecule has 1 fully saturated rings. The van der Waals surface area contributed by atoms with Gasteiger partial charge in [-0.2, -0.15) is 0 Å². The van der Waals surface area contributed by atoms with E-state index in [4.69, 9.17) is 11.5 Å². The van der Waals surface area contributed by atoms with Crippen LogP contribution in [0.25, 0.3) is 22.0 Å². The van der Waals surface area contributed by atoms with Gasteiger partial charge in [0.2, 0.25) is 11.8 Å². The summed E-state index contributed by atoms with van der Waals surface area (Å²) in [6.45, 7) is 1.75. The highest BCUT2D eigenvalue weighted by Crippen LogP contribution is 2.30. The molecule has 1 aliphatic rings. The molecule has 2 amide bonds. The van der Waals surface area contributed by atoms with Gasteiger partial charge < -0.3 is 16.5 Å². The van der Waals surface area contributed by atoms with E-state index in [1.807, 2.05) is 18.2 Å². The third-order valence-corrected chi connectivity index (χ3v) is 5.85. The molecule has 6 heteroatoms. The second kappa shape index (κ2) is 8.09. The molecular weight excluding hydrogens is 364 g/mol. The summed E-state index contributed by atoms with van der Waals surface area (Å²) in [6, 6.07) is 14.1. The Labute approximate surface area is 169 Å². The number of amides is 2. The van der Waals surface area contributed by atoms with Gasteiger partial charge in [0, 0.05) is 41.7 Å². The van der Waals surface area contributed by atoms with Crippen molar-refractivity contribution in [1.82, 2.24) is 9.88 Å². The van der Waals surface area contributed by atoms with Gasteiger partial charge in [-0.3, -0.25) is 14.5 Å². The highest BCUT2D eigenvalue weighted by molar-refractivity contribution is 5.95. The molecule has 0 spiro atoms. The summed E-state index contributed by atoms with van der Waals surface area (Å²) in [5.41, 5.74) is 15.7. The van der Waals surface area contributed by atoms with Crippen molar-refractivity contribution in [3.63, 3.8) is 0 Å². The Hall–Kier alpha value is -3.12. The molecule has 0 radical (unpaired) electrons. The van der Waals surface area contributed by atoms with Crippen LogP contribution in [0.15, 0.2) is 48.7 Å². The first-order chi connectivity index (χ1) is 14.0. The van der Waals surface area contributed by atoms with Crippen molar-refractivity contribution in [1.29, 1.82) is 0 Å². The van der Waals surface area contributed by atoms with Crippen molar-refractivity contribution in [3.05, 3.63) is 59.8 Å². The molecule has 0 bridgehead atoms. The molecule has 1 aromatic heterocycles. The maximum absolute atomic E-state index is 11.5. The number of nitrogens with one attached hydrogen (secondary N) is 1. The predicted octanol–water partition coefficient (Wildman–Crippen LogP) is 2.82. The monoisotopic (exact) mass is 390 g/mol. The number of nitrogens with zero attached hydrogens (tertiary/aromatic N) is 1. The molecule has 4 rings (SSSR count). The van der Waals surface area contributed by atoms with Crippen LogP contribution < -0.4 is 11.5 Å². The Morgan fingerprint density at radius 1 is 1.10 bits per heavy atom. The number of aromatic nitrogens is 1. The molecule has 29 heavy (non-hydrogen) atoms. The van der Waals surface area contributed by atoms with Gasteiger partial charge in [-0.1, -0.05) is 18.2 Å². The SMILES string of the molecule is NC(=O)CCN1CCC[C@@H]1Cc1c[nH]c2ccc(-c3cccc(C(N)=O)c3)cc12. The Balaban J connectivity index is 1.60. The Morgan fingerprint density at radius 2 is 1.93 bits per heavy atom. The zero-order valence-corrected chi connectivity index (χ0v) is 16.4. The number of hydrogen-bond acceptors (Lipinski definition) is 3.